The molecule has 1 amide bonds. The molecule has 0 unspecified atom stereocenters. The molecule has 3 N–H and O–H groups in total. The molecule has 104 valence electrons. The number of carbonyl (C=O) groups excluding carboxylic acids is 1. The molecule has 1 heterocycles. The molecule has 0 radical (unpaired) electrons. The van der Waals surface area contributed by atoms with Gasteiger partial charge in [-0.3, -0.25) is 10.1 Å². The van der Waals surface area contributed by atoms with Crippen molar-refractivity contribution in [2.75, 3.05) is 11.1 Å². The van der Waals surface area contributed by atoms with E-state index in [0.29, 0.717) is 21.4 Å². The van der Waals surface area contributed by atoms with Crippen LogP contribution in [0.1, 0.15) is 33.8 Å². The lowest BCUT2D eigenvalue weighted by molar-refractivity contribution is 0.102. The van der Waals surface area contributed by atoms with Crippen LogP contribution in [0.25, 0.3) is 0 Å². The van der Waals surface area contributed by atoms with Gasteiger partial charge in [0.2, 0.25) is 0 Å². The number of aromatic nitrogens is 1. The van der Waals surface area contributed by atoms with Crippen LogP contribution in [0.3, 0.4) is 0 Å². The predicted molar refractivity (Wildman–Crippen MR) is 82.6 cm³/mol. The Morgan fingerprint density at radius 2 is 2.15 bits per heavy atom. The average molecular weight is 308 g/mol. The number of thiazole rings is 1. The first-order chi connectivity index (χ1) is 9.63. The predicted octanol–water partition coefficient (Wildman–Crippen LogP) is 3.51. The Balaban J connectivity index is 1.80. The molecular formula is C14H14ClN3OS. The van der Waals surface area contributed by atoms with E-state index in [4.69, 9.17) is 17.3 Å². The minimum atomic E-state index is -0.245. The number of anilines is 2. The van der Waals surface area contributed by atoms with E-state index in [9.17, 15) is 4.79 Å². The number of amides is 1. The van der Waals surface area contributed by atoms with Crippen molar-refractivity contribution in [2.45, 2.75) is 25.7 Å². The van der Waals surface area contributed by atoms with Crippen molar-refractivity contribution in [1.82, 2.24) is 4.98 Å². The Bertz CT molecular complexity index is 645. The quantitative estimate of drug-likeness (QED) is 0.834. The number of nitrogens with one attached hydrogen (secondary N) is 1. The van der Waals surface area contributed by atoms with Crippen LogP contribution in [0.4, 0.5) is 10.8 Å². The van der Waals surface area contributed by atoms with Gasteiger partial charge in [0.25, 0.3) is 5.91 Å². The SMILES string of the molecule is Nc1cc(Cl)ccc1C(=O)Nc1nc2c(s1)CCCC2. The van der Waals surface area contributed by atoms with Crippen molar-refractivity contribution >= 4 is 39.7 Å². The molecule has 0 atom stereocenters. The Labute approximate surface area is 126 Å². The fourth-order valence-corrected chi connectivity index (χ4v) is 3.54. The molecule has 0 saturated carbocycles. The van der Waals surface area contributed by atoms with E-state index in [1.165, 1.54) is 17.7 Å². The topological polar surface area (TPSA) is 68.0 Å². The van der Waals surface area contributed by atoms with Crippen LogP contribution >= 0.6 is 22.9 Å². The molecule has 0 saturated heterocycles. The molecule has 4 nitrogen and oxygen atoms in total. The first-order valence-corrected chi connectivity index (χ1v) is 7.68. The second-order valence-corrected chi connectivity index (χ2v) is 6.30. The van der Waals surface area contributed by atoms with Crippen molar-refractivity contribution in [3.63, 3.8) is 0 Å². The normalized spacial score (nSPS) is 13.8. The molecule has 20 heavy (non-hydrogen) atoms. The van der Waals surface area contributed by atoms with E-state index in [1.807, 2.05) is 0 Å². The maximum Gasteiger partial charge on any atom is 0.259 e. The summed E-state index contributed by atoms with van der Waals surface area (Å²) >= 11 is 7.39. The van der Waals surface area contributed by atoms with Crippen LogP contribution in [0, 0.1) is 0 Å². The first kappa shape index (κ1) is 13.4. The summed E-state index contributed by atoms with van der Waals surface area (Å²) in [6.45, 7) is 0. The number of benzene rings is 1. The molecule has 0 fully saturated rings. The van der Waals surface area contributed by atoms with Crippen molar-refractivity contribution in [2.24, 2.45) is 0 Å². The standard InChI is InChI=1S/C14H14ClN3OS/c15-8-5-6-9(10(16)7-8)13(19)18-14-17-11-3-1-2-4-12(11)20-14/h5-7H,1-4,16H2,(H,17,18,19). The third kappa shape index (κ3) is 2.64. The zero-order chi connectivity index (χ0) is 14.1. The van der Waals surface area contributed by atoms with Crippen molar-refractivity contribution < 1.29 is 4.79 Å². The van der Waals surface area contributed by atoms with E-state index in [-0.39, 0.29) is 5.91 Å². The van der Waals surface area contributed by atoms with Gasteiger partial charge in [0.1, 0.15) is 0 Å². The molecule has 0 spiro atoms. The molecule has 1 aliphatic carbocycles. The minimum Gasteiger partial charge on any atom is -0.398 e. The van der Waals surface area contributed by atoms with Crippen molar-refractivity contribution in [3.05, 3.63) is 39.4 Å². The summed E-state index contributed by atoms with van der Waals surface area (Å²) in [7, 11) is 0. The lowest BCUT2D eigenvalue weighted by atomic mass is 10.0. The molecule has 2 aromatic rings. The summed E-state index contributed by atoms with van der Waals surface area (Å²) in [6.07, 6.45) is 4.44. The highest BCUT2D eigenvalue weighted by Gasteiger charge is 2.17. The Morgan fingerprint density at radius 1 is 1.35 bits per heavy atom. The molecular weight excluding hydrogens is 294 g/mol. The zero-order valence-corrected chi connectivity index (χ0v) is 12.4. The number of nitrogens with zero attached hydrogens (tertiary/aromatic N) is 1. The van der Waals surface area contributed by atoms with Crippen LogP contribution < -0.4 is 11.1 Å². The lowest BCUT2D eigenvalue weighted by Crippen LogP contribution is -2.13. The van der Waals surface area contributed by atoms with Gasteiger partial charge in [-0.2, -0.15) is 0 Å². The molecule has 1 aromatic carbocycles. The van der Waals surface area contributed by atoms with Crippen LogP contribution in [0.2, 0.25) is 5.02 Å². The highest BCUT2D eigenvalue weighted by atomic mass is 35.5. The third-order valence-corrected chi connectivity index (χ3v) is 4.63. The van der Waals surface area contributed by atoms with Gasteiger partial charge in [0.05, 0.1) is 11.3 Å². The van der Waals surface area contributed by atoms with Gasteiger partial charge in [0.15, 0.2) is 5.13 Å². The maximum atomic E-state index is 12.2. The van der Waals surface area contributed by atoms with Crippen LogP contribution in [0.5, 0.6) is 0 Å². The number of aryl methyl sites for hydroxylation is 2. The lowest BCUT2D eigenvalue weighted by Gasteiger charge is -2.06. The van der Waals surface area contributed by atoms with Crippen LogP contribution in [0.15, 0.2) is 18.2 Å². The van der Waals surface area contributed by atoms with Crippen molar-refractivity contribution in [3.8, 4) is 0 Å². The fraction of sp³-hybridized carbons (Fsp3) is 0.286. The van der Waals surface area contributed by atoms with E-state index in [2.05, 4.69) is 10.3 Å². The molecule has 3 rings (SSSR count). The number of halogens is 1. The number of hydrogen-bond acceptors (Lipinski definition) is 4. The number of nitrogen functional groups attached to an aromatic ring is 1. The Hall–Kier alpha value is -1.59. The summed E-state index contributed by atoms with van der Waals surface area (Å²) in [5.74, 6) is -0.245. The molecule has 1 aromatic heterocycles. The molecule has 0 bridgehead atoms. The average Bonchev–Trinajstić information content (AvgIpc) is 2.80. The summed E-state index contributed by atoms with van der Waals surface area (Å²) in [5, 5.41) is 3.99. The highest BCUT2D eigenvalue weighted by molar-refractivity contribution is 7.15. The van der Waals surface area contributed by atoms with Gasteiger partial charge in [-0.1, -0.05) is 11.6 Å². The summed E-state index contributed by atoms with van der Waals surface area (Å²) in [4.78, 5) is 18.0. The second kappa shape index (κ2) is 5.42. The first-order valence-electron chi connectivity index (χ1n) is 6.48. The Morgan fingerprint density at radius 3 is 2.90 bits per heavy atom. The van der Waals surface area contributed by atoms with Gasteiger partial charge >= 0.3 is 0 Å². The second-order valence-electron chi connectivity index (χ2n) is 4.78. The van der Waals surface area contributed by atoms with Gasteiger partial charge in [0, 0.05) is 15.6 Å². The van der Waals surface area contributed by atoms with Gasteiger partial charge in [-0.25, -0.2) is 4.98 Å². The van der Waals surface area contributed by atoms with Crippen molar-refractivity contribution in [1.29, 1.82) is 0 Å². The summed E-state index contributed by atoms with van der Waals surface area (Å²) < 4.78 is 0. The molecule has 1 aliphatic rings. The fourth-order valence-electron chi connectivity index (χ4n) is 2.31. The third-order valence-electron chi connectivity index (χ3n) is 3.32. The number of carbonyl (C=O) groups is 1. The van der Waals surface area contributed by atoms with Gasteiger partial charge in [-0.05, 0) is 43.9 Å². The highest BCUT2D eigenvalue weighted by Crippen LogP contribution is 2.30. The number of fused-ring (bicyclic) bond motifs is 1. The number of hydrogen-bond donors (Lipinski definition) is 2. The largest absolute Gasteiger partial charge is 0.398 e. The smallest absolute Gasteiger partial charge is 0.259 e. The number of rotatable bonds is 2. The van der Waals surface area contributed by atoms with Gasteiger partial charge < -0.3 is 5.73 Å². The maximum absolute atomic E-state index is 12.2. The summed E-state index contributed by atoms with van der Waals surface area (Å²) in [6, 6.07) is 4.85. The molecule has 6 heteroatoms. The van der Waals surface area contributed by atoms with E-state index < -0.39 is 0 Å². The van der Waals surface area contributed by atoms with Crippen LogP contribution in [-0.4, -0.2) is 10.9 Å². The van der Waals surface area contributed by atoms with Crippen LogP contribution in [-0.2, 0) is 12.8 Å². The van der Waals surface area contributed by atoms with E-state index in [1.54, 1.807) is 29.5 Å². The summed E-state index contributed by atoms with van der Waals surface area (Å²) in [5.41, 5.74) is 7.73. The van der Waals surface area contributed by atoms with E-state index >= 15 is 0 Å². The zero-order valence-electron chi connectivity index (χ0n) is 10.8. The Kier molecular flexibility index (Phi) is 3.63. The molecule has 0 aliphatic heterocycles. The number of nitrogens with two attached hydrogens (primary N) is 1. The minimum absolute atomic E-state index is 0.245. The van der Waals surface area contributed by atoms with Gasteiger partial charge in [-0.15, -0.1) is 11.3 Å². The monoisotopic (exact) mass is 307 g/mol. The van der Waals surface area contributed by atoms with E-state index in [0.717, 1.165) is 18.5 Å².